The van der Waals surface area contributed by atoms with Crippen LogP contribution in [-0.2, 0) is 4.79 Å². The Hall–Kier alpha value is -1.68. The third kappa shape index (κ3) is 1.63. The molecule has 1 fully saturated rings. The first-order chi connectivity index (χ1) is 9.02. The fourth-order valence-corrected chi connectivity index (χ4v) is 3.25. The molecule has 4 heteroatoms. The number of aliphatic hydroxyl groups excluding tert-OH is 1. The molecule has 1 aliphatic heterocycles. The minimum Gasteiger partial charge on any atom is -0.391 e. The molecular weight excluding hydrogens is 242 g/mol. The number of Topliss-reactive ketones (excluding diaryl/α,β-unsaturated/α-hetero) is 1. The predicted octanol–water partition coefficient (Wildman–Crippen LogP) is 1.75. The molecule has 3 rings (SSSR count). The van der Waals surface area contributed by atoms with E-state index in [4.69, 9.17) is 0 Å². The summed E-state index contributed by atoms with van der Waals surface area (Å²) in [6.45, 7) is 3.75. The first-order valence-corrected chi connectivity index (χ1v) is 6.68. The monoisotopic (exact) mass is 259 g/mol. The Morgan fingerprint density at radius 1 is 1.16 bits per heavy atom. The highest BCUT2D eigenvalue weighted by molar-refractivity contribution is 6.53. The van der Waals surface area contributed by atoms with Crippen LogP contribution in [0.5, 0.6) is 0 Å². The van der Waals surface area contributed by atoms with Gasteiger partial charge in [0.15, 0.2) is 0 Å². The zero-order chi connectivity index (χ0) is 13.7. The van der Waals surface area contributed by atoms with Gasteiger partial charge in [-0.15, -0.1) is 0 Å². The number of rotatable bonds is 1. The second-order valence-corrected chi connectivity index (χ2v) is 5.49. The number of carbonyl (C=O) groups is 2. The predicted molar refractivity (Wildman–Crippen MR) is 71.4 cm³/mol. The van der Waals surface area contributed by atoms with E-state index < -0.39 is 17.8 Å². The van der Waals surface area contributed by atoms with Crippen LogP contribution in [0.2, 0.25) is 0 Å². The lowest BCUT2D eigenvalue weighted by Crippen LogP contribution is -2.44. The van der Waals surface area contributed by atoms with E-state index in [0.29, 0.717) is 17.7 Å². The van der Waals surface area contributed by atoms with Crippen molar-refractivity contribution in [1.82, 2.24) is 0 Å². The normalized spacial score (nSPS) is 26.2. The van der Waals surface area contributed by atoms with Crippen molar-refractivity contribution in [3.63, 3.8) is 0 Å². The zero-order valence-electron chi connectivity index (χ0n) is 11.1. The van der Waals surface area contributed by atoms with Gasteiger partial charge in [0.1, 0.15) is 0 Å². The number of hydrogen-bond acceptors (Lipinski definition) is 3. The molecule has 4 nitrogen and oxygen atoms in total. The quantitative estimate of drug-likeness (QED) is 0.782. The number of fused-ring (bicyclic) bond motifs is 1. The first kappa shape index (κ1) is 12.4. The van der Waals surface area contributed by atoms with Gasteiger partial charge in [-0.2, -0.15) is 0 Å². The smallest absolute Gasteiger partial charge is 0.299 e. The van der Waals surface area contributed by atoms with E-state index in [1.807, 2.05) is 26.0 Å². The number of aliphatic hydroxyl groups is 1. The Kier molecular flexibility index (Phi) is 2.71. The van der Waals surface area contributed by atoms with Gasteiger partial charge in [-0.25, -0.2) is 0 Å². The third-order valence-electron chi connectivity index (χ3n) is 4.24. The highest BCUT2D eigenvalue weighted by atomic mass is 16.3. The Bertz CT molecular complexity index is 579. The molecule has 2 atom stereocenters. The van der Waals surface area contributed by atoms with Gasteiger partial charge in [-0.3, -0.25) is 14.5 Å². The van der Waals surface area contributed by atoms with Gasteiger partial charge in [-0.05, 0) is 44.2 Å². The number of carbonyl (C=O) groups excluding carboxylic acids is 2. The summed E-state index contributed by atoms with van der Waals surface area (Å²) in [7, 11) is 0. The van der Waals surface area contributed by atoms with Crippen LogP contribution in [0.3, 0.4) is 0 Å². The Labute approximate surface area is 112 Å². The number of ketones is 1. The van der Waals surface area contributed by atoms with Crippen molar-refractivity contribution >= 4 is 17.4 Å². The van der Waals surface area contributed by atoms with E-state index in [0.717, 1.165) is 24.0 Å². The Balaban J connectivity index is 2.17. The summed E-state index contributed by atoms with van der Waals surface area (Å²) in [6, 6.07) is 3.54. The molecule has 0 radical (unpaired) electrons. The van der Waals surface area contributed by atoms with Crippen molar-refractivity contribution in [2.75, 3.05) is 4.90 Å². The van der Waals surface area contributed by atoms with Gasteiger partial charge in [-0.1, -0.05) is 12.1 Å². The molecule has 100 valence electrons. The van der Waals surface area contributed by atoms with Crippen LogP contribution in [0.15, 0.2) is 12.1 Å². The maximum Gasteiger partial charge on any atom is 0.299 e. The number of benzene rings is 1. The molecule has 1 saturated carbocycles. The minimum atomic E-state index is -0.525. The van der Waals surface area contributed by atoms with E-state index in [1.165, 1.54) is 4.90 Å². The third-order valence-corrected chi connectivity index (χ3v) is 4.24. The number of amides is 1. The molecule has 1 aromatic carbocycles. The van der Waals surface area contributed by atoms with Gasteiger partial charge in [0.25, 0.3) is 11.7 Å². The summed E-state index contributed by atoms with van der Waals surface area (Å²) >= 11 is 0. The number of nitrogens with zero attached hydrogens (tertiary/aromatic N) is 1. The standard InChI is InChI=1S/C15H17NO3/c1-8-6-7-9(2)13-12(8)14(18)15(19)16(13)10-4-3-5-11(10)17/h6-7,10-11,17H,3-5H2,1-2H3/t10-,11-/m0/s1. The summed E-state index contributed by atoms with van der Waals surface area (Å²) < 4.78 is 0. The van der Waals surface area contributed by atoms with E-state index in [9.17, 15) is 14.7 Å². The molecule has 19 heavy (non-hydrogen) atoms. The molecule has 0 saturated heterocycles. The van der Waals surface area contributed by atoms with Crippen molar-refractivity contribution < 1.29 is 14.7 Å². The maximum atomic E-state index is 12.3. The van der Waals surface area contributed by atoms with Crippen molar-refractivity contribution in [2.45, 2.75) is 45.3 Å². The highest BCUT2D eigenvalue weighted by Crippen LogP contribution is 2.39. The molecule has 2 aliphatic rings. The van der Waals surface area contributed by atoms with Crippen molar-refractivity contribution in [3.8, 4) is 0 Å². The average Bonchev–Trinajstić information content (AvgIpc) is 2.89. The van der Waals surface area contributed by atoms with E-state index in [-0.39, 0.29) is 6.04 Å². The van der Waals surface area contributed by atoms with Gasteiger partial charge < -0.3 is 5.11 Å². The Morgan fingerprint density at radius 2 is 1.84 bits per heavy atom. The maximum absolute atomic E-state index is 12.3. The van der Waals surface area contributed by atoms with Gasteiger partial charge in [0, 0.05) is 0 Å². The van der Waals surface area contributed by atoms with Crippen molar-refractivity contribution in [1.29, 1.82) is 0 Å². The fraction of sp³-hybridized carbons (Fsp3) is 0.467. The summed E-state index contributed by atoms with van der Waals surface area (Å²) in [4.78, 5) is 26.0. The fourth-order valence-electron chi connectivity index (χ4n) is 3.25. The molecule has 1 heterocycles. The highest BCUT2D eigenvalue weighted by Gasteiger charge is 2.45. The second kappa shape index (κ2) is 4.17. The van der Waals surface area contributed by atoms with Crippen LogP contribution in [0.4, 0.5) is 5.69 Å². The largest absolute Gasteiger partial charge is 0.391 e. The number of hydrogen-bond donors (Lipinski definition) is 1. The molecule has 0 aromatic heterocycles. The second-order valence-electron chi connectivity index (χ2n) is 5.49. The molecule has 0 spiro atoms. The van der Waals surface area contributed by atoms with E-state index >= 15 is 0 Å². The van der Waals surface area contributed by atoms with Gasteiger partial charge >= 0.3 is 0 Å². The van der Waals surface area contributed by atoms with Crippen molar-refractivity contribution in [2.24, 2.45) is 0 Å². The van der Waals surface area contributed by atoms with Crippen LogP contribution in [0.1, 0.15) is 40.7 Å². The summed E-state index contributed by atoms with van der Waals surface area (Å²) in [6.07, 6.45) is 1.82. The van der Waals surface area contributed by atoms with Crippen LogP contribution in [-0.4, -0.2) is 28.9 Å². The van der Waals surface area contributed by atoms with E-state index in [1.54, 1.807) is 0 Å². The number of anilines is 1. The minimum absolute atomic E-state index is 0.252. The van der Waals surface area contributed by atoms with Gasteiger partial charge in [0.05, 0.1) is 23.4 Å². The molecule has 0 bridgehead atoms. The van der Waals surface area contributed by atoms with Crippen LogP contribution in [0, 0.1) is 13.8 Å². The Morgan fingerprint density at radius 3 is 2.47 bits per heavy atom. The lowest BCUT2D eigenvalue weighted by molar-refractivity contribution is -0.115. The summed E-state index contributed by atoms with van der Waals surface area (Å²) in [5.41, 5.74) is 2.97. The molecular formula is C15H17NO3. The molecule has 1 aromatic rings. The van der Waals surface area contributed by atoms with Crippen LogP contribution < -0.4 is 4.90 Å². The topological polar surface area (TPSA) is 57.6 Å². The molecule has 0 unspecified atom stereocenters. The molecule has 1 aliphatic carbocycles. The molecule has 1 N–H and O–H groups in total. The van der Waals surface area contributed by atoms with E-state index in [2.05, 4.69) is 0 Å². The van der Waals surface area contributed by atoms with Gasteiger partial charge in [0.2, 0.25) is 0 Å². The number of aryl methyl sites for hydroxylation is 2. The average molecular weight is 259 g/mol. The van der Waals surface area contributed by atoms with Crippen molar-refractivity contribution in [3.05, 3.63) is 28.8 Å². The summed E-state index contributed by atoms with van der Waals surface area (Å²) in [5, 5.41) is 10.0. The SMILES string of the molecule is Cc1ccc(C)c2c1C(=O)C(=O)N2[C@H]1CCC[C@@H]1O. The molecule has 1 amide bonds. The summed E-state index contributed by atoms with van der Waals surface area (Å²) in [5.74, 6) is -0.923. The zero-order valence-corrected chi connectivity index (χ0v) is 11.1. The lowest BCUT2D eigenvalue weighted by Gasteiger charge is -2.28. The lowest BCUT2D eigenvalue weighted by atomic mass is 10.0. The van der Waals surface area contributed by atoms with Crippen LogP contribution in [0.25, 0.3) is 0 Å². The first-order valence-electron chi connectivity index (χ1n) is 6.68. The van der Waals surface area contributed by atoms with Crippen LogP contribution >= 0.6 is 0 Å².